The second-order valence-corrected chi connectivity index (χ2v) is 6.91. The van der Waals surface area contributed by atoms with Gasteiger partial charge in [-0.3, -0.25) is 10.1 Å². The van der Waals surface area contributed by atoms with Crippen molar-refractivity contribution in [2.45, 2.75) is 45.6 Å². The first-order valence-corrected chi connectivity index (χ1v) is 7.19. The molecule has 20 heavy (non-hydrogen) atoms. The molecule has 0 spiro atoms. The molecule has 2 N–H and O–H groups in total. The van der Waals surface area contributed by atoms with Crippen LogP contribution in [-0.2, 0) is 9.53 Å². The average molecular weight is 298 g/mol. The van der Waals surface area contributed by atoms with E-state index < -0.39 is 17.7 Å². The van der Waals surface area contributed by atoms with Crippen LogP contribution in [0.4, 0.5) is 9.93 Å². The van der Waals surface area contributed by atoms with Crippen molar-refractivity contribution < 1.29 is 19.4 Å². The standard InChI is InChI=1S/C13H18N2O4S/c1-6-9(7-5-8(7)10(16)17)20-11(14-6)15-12(18)19-13(2,3)4/h7-8H,5H2,1-4H3,(H,16,17)(H,14,15,18). The molecule has 6 nitrogen and oxygen atoms in total. The summed E-state index contributed by atoms with van der Waals surface area (Å²) in [6, 6.07) is 0. The molecule has 1 heterocycles. The van der Waals surface area contributed by atoms with E-state index in [9.17, 15) is 9.59 Å². The molecule has 1 saturated carbocycles. The molecular formula is C13H18N2O4S. The number of nitrogens with zero attached hydrogens (tertiary/aromatic N) is 1. The number of aliphatic carboxylic acids is 1. The van der Waals surface area contributed by atoms with E-state index in [-0.39, 0.29) is 11.8 Å². The summed E-state index contributed by atoms with van der Waals surface area (Å²) in [4.78, 5) is 27.7. The molecule has 1 aliphatic rings. The van der Waals surface area contributed by atoms with Crippen LogP contribution in [-0.4, -0.2) is 27.8 Å². The molecule has 0 aliphatic heterocycles. The van der Waals surface area contributed by atoms with Gasteiger partial charge in [-0.1, -0.05) is 0 Å². The molecule has 2 atom stereocenters. The lowest BCUT2D eigenvalue weighted by molar-refractivity contribution is -0.138. The van der Waals surface area contributed by atoms with Crippen molar-refractivity contribution >= 4 is 28.5 Å². The van der Waals surface area contributed by atoms with Crippen molar-refractivity contribution in [2.75, 3.05) is 5.32 Å². The highest BCUT2D eigenvalue weighted by Crippen LogP contribution is 2.51. The minimum atomic E-state index is -0.774. The van der Waals surface area contributed by atoms with Crippen LogP contribution in [0.15, 0.2) is 0 Å². The summed E-state index contributed by atoms with van der Waals surface area (Å²) < 4.78 is 5.15. The summed E-state index contributed by atoms with van der Waals surface area (Å²) in [5.41, 5.74) is 0.208. The number of carboxylic acids is 1. The zero-order chi connectivity index (χ0) is 15.1. The van der Waals surface area contributed by atoms with E-state index in [1.54, 1.807) is 20.8 Å². The van der Waals surface area contributed by atoms with E-state index >= 15 is 0 Å². The third kappa shape index (κ3) is 3.47. The molecular weight excluding hydrogens is 280 g/mol. The highest BCUT2D eigenvalue weighted by molar-refractivity contribution is 7.16. The summed E-state index contributed by atoms with van der Waals surface area (Å²) in [7, 11) is 0. The van der Waals surface area contributed by atoms with Crippen LogP contribution in [0.5, 0.6) is 0 Å². The van der Waals surface area contributed by atoms with Crippen LogP contribution < -0.4 is 5.32 Å². The zero-order valence-electron chi connectivity index (χ0n) is 11.9. The minimum Gasteiger partial charge on any atom is -0.481 e. The topological polar surface area (TPSA) is 88.5 Å². The summed E-state index contributed by atoms with van der Waals surface area (Å²) >= 11 is 1.32. The highest BCUT2D eigenvalue weighted by atomic mass is 32.1. The Morgan fingerprint density at radius 1 is 1.45 bits per heavy atom. The molecule has 0 radical (unpaired) electrons. The first-order valence-electron chi connectivity index (χ1n) is 6.37. The van der Waals surface area contributed by atoms with Gasteiger partial charge in [-0.25, -0.2) is 9.78 Å². The maximum Gasteiger partial charge on any atom is 0.413 e. The average Bonchev–Trinajstić information content (AvgIpc) is 2.95. The third-order valence-corrected chi connectivity index (χ3v) is 4.09. The fraction of sp³-hybridized carbons (Fsp3) is 0.615. The van der Waals surface area contributed by atoms with Gasteiger partial charge in [0.05, 0.1) is 11.6 Å². The number of carboxylic acid groups (broad SMARTS) is 1. The molecule has 1 amide bonds. The number of anilines is 1. The van der Waals surface area contributed by atoms with Gasteiger partial charge < -0.3 is 9.84 Å². The number of thiazole rings is 1. The number of hydrogen-bond donors (Lipinski definition) is 2. The van der Waals surface area contributed by atoms with E-state index in [0.29, 0.717) is 11.6 Å². The minimum absolute atomic E-state index is 0.0270. The van der Waals surface area contributed by atoms with Crippen molar-refractivity contribution in [3.8, 4) is 0 Å². The Hall–Kier alpha value is -1.63. The van der Waals surface area contributed by atoms with Gasteiger partial charge in [0.1, 0.15) is 5.60 Å². The molecule has 0 saturated heterocycles. The fourth-order valence-electron chi connectivity index (χ4n) is 1.95. The van der Waals surface area contributed by atoms with Gasteiger partial charge in [0.15, 0.2) is 5.13 Å². The van der Waals surface area contributed by atoms with Crippen LogP contribution in [0.1, 0.15) is 43.7 Å². The molecule has 2 rings (SSSR count). The number of hydrogen-bond acceptors (Lipinski definition) is 5. The second-order valence-electron chi connectivity index (χ2n) is 5.88. The number of aryl methyl sites for hydroxylation is 1. The Labute approximate surface area is 121 Å². The molecule has 0 bridgehead atoms. The van der Waals surface area contributed by atoms with Crippen molar-refractivity contribution in [2.24, 2.45) is 5.92 Å². The number of aromatic nitrogens is 1. The van der Waals surface area contributed by atoms with Crippen LogP contribution in [0.3, 0.4) is 0 Å². The van der Waals surface area contributed by atoms with Gasteiger partial charge in [-0.15, -0.1) is 11.3 Å². The lowest BCUT2D eigenvalue weighted by atomic mass is 10.2. The molecule has 1 aromatic rings. The van der Waals surface area contributed by atoms with Crippen LogP contribution >= 0.6 is 11.3 Å². The quantitative estimate of drug-likeness (QED) is 0.895. The SMILES string of the molecule is Cc1nc(NC(=O)OC(C)(C)C)sc1C1CC1C(=O)O. The number of rotatable bonds is 3. The molecule has 1 aliphatic carbocycles. The Kier molecular flexibility index (Phi) is 3.73. The van der Waals surface area contributed by atoms with Crippen molar-refractivity contribution in [1.82, 2.24) is 4.98 Å². The van der Waals surface area contributed by atoms with Crippen LogP contribution in [0.2, 0.25) is 0 Å². The van der Waals surface area contributed by atoms with Crippen molar-refractivity contribution in [3.63, 3.8) is 0 Å². The van der Waals surface area contributed by atoms with E-state index in [1.165, 1.54) is 11.3 Å². The predicted octanol–water partition coefficient (Wildman–Crippen LogP) is 2.99. The Bertz CT molecular complexity index is 547. The van der Waals surface area contributed by atoms with Gasteiger partial charge in [-0.2, -0.15) is 0 Å². The second kappa shape index (κ2) is 5.05. The summed E-state index contributed by atoms with van der Waals surface area (Å²) in [6.45, 7) is 7.18. The first kappa shape index (κ1) is 14.8. The fourth-order valence-corrected chi connectivity index (χ4v) is 3.08. The zero-order valence-corrected chi connectivity index (χ0v) is 12.7. The summed E-state index contributed by atoms with van der Waals surface area (Å²) in [6.07, 6.45) is 0.0907. The highest BCUT2D eigenvalue weighted by Gasteiger charge is 2.46. The normalized spacial score (nSPS) is 21.4. The molecule has 1 aromatic heterocycles. The predicted molar refractivity (Wildman–Crippen MR) is 75.2 cm³/mol. The lowest BCUT2D eigenvalue weighted by Crippen LogP contribution is -2.27. The monoisotopic (exact) mass is 298 g/mol. The maximum atomic E-state index is 11.6. The number of nitrogens with one attached hydrogen (secondary N) is 1. The van der Waals surface area contributed by atoms with E-state index in [2.05, 4.69) is 10.3 Å². The Morgan fingerprint density at radius 2 is 2.10 bits per heavy atom. The Balaban J connectivity index is 2.02. The van der Waals surface area contributed by atoms with Gasteiger partial charge in [0, 0.05) is 10.8 Å². The van der Waals surface area contributed by atoms with Gasteiger partial charge in [0.2, 0.25) is 0 Å². The van der Waals surface area contributed by atoms with Gasteiger partial charge in [-0.05, 0) is 34.1 Å². The summed E-state index contributed by atoms with van der Waals surface area (Å²) in [5.74, 6) is -1.06. The van der Waals surface area contributed by atoms with Crippen LogP contribution in [0, 0.1) is 12.8 Å². The van der Waals surface area contributed by atoms with Crippen LogP contribution in [0.25, 0.3) is 0 Å². The largest absolute Gasteiger partial charge is 0.481 e. The third-order valence-electron chi connectivity index (χ3n) is 2.88. The maximum absolute atomic E-state index is 11.6. The van der Waals surface area contributed by atoms with Crippen molar-refractivity contribution in [1.29, 1.82) is 0 Å². The van der Waals surface area contributed by atoms with Gasteiger partial charge >= 0.3 is 12.1 Å². The van der Waals surface area contributed by atoms with Crippen molar-refractivity contribution in [3.05, 3.63) is 10.6 Å². The molecule has 1 fully saturated rings. The molecule has 7 heteroatoms. The first-order chi connectivity index (χ1) is 9.17. The van der Waals surface area contributed by atoms with E-state index in [0.717, 1.165) is 10.6 Å². The number of carbonyl (C=O) groups is 2. The molecule has 0 aromatic carbocycles. The number of amides is 1. The summed E-state index contributed by atoms with van der Waals surface area (Å²) in [5, 5.41) is 12.0. The molecule has 2 unspecified atom stereocenters. The Morgan fingerprint density at radius 3 is 2.60 bits per heavy atom. The molecule has 110 valence electrons. The van der Waals surface area contributed by atoms with E-state index in [1.807, 2.05) is 6.92 Å². The number of carbonyl (C=O) groups excluding carboxylic acids is 1. The smallest absolute Gasteiger partial charge is 0.413 e. The van der Waals surface area contributed by atoms with Gasteiger partial charge in [0.25, 0.3) is 0 Å². The lowest BCUT2D eigenvalue weighted by Gasteiger charge is -2.18. The number of ether oxygens (including phenoxy) is 1. The van der Waals surface area contributed by atoms with E-state index in [4.69, 9.17) is 9.84 Å².